The van der Waals surface area contributed by atoms with Crippen molar-refractivity contribution in [1.29, 1.82) is 0 Å². The highest BCUT2D eigenvalue weighted by molar-refractivity contribution is 7.20. The fourth-order valence-electron chi connectivity index (χ4n) is 4.34. The van der Waals surface area contributed by atoms with E-state index in [0.29, 0.717) is 32.7 Å². The Bertz CT molecular complexity index is 1780. The van der Waals surface area contributed by atoms with E-state index in [1.165, 1.54) is 15.9 Å². The van der Waals surface area contributed by atoms with Gasteiger partial charge in [0.1, 0.15) is 5.76 Å². The van der Waals surface area contributed by atoms with E-state index in [9.17, 15) is 15.0 Å². The minimum Gasteiger partial charge on any atom is -0.503 e. The average Bonchev–Trinajstić information content (AvgIpc) is 3.60. The van der Waals surface area contributed by atoms with Crippen molar-refractivity contribution in [1.82, 2.24) is 9.55 Å². The molecule has 6 aromatic rings. The molecule has 3 aromatic carbocycles. The van der Waals surface area contributed by atoms with Gasteiger partial charge in [0.2, 0.25) is 11.7 Å². The van der Waals surface area contributed by atoms with Crippen LogP contribution in [0.15, 0.2) is 89.3 Å². The number of furan rings is 1. The Balaban J connectivity index is 1.58. The number of fused-ring (bicyclic) bond motifs is 1. The van der Waals surface area contributed by atoms with E-state index in [2.05, 4.69) is 4.98 Å². The summed E-state index contributed by atoms with van der Waals surface area (Å²) in [6, 6.07) is 26.0. The highest BCUT2D eigenvalue weighted by Gasteiger charge is 2.32. The van der Waals surface area contributed by atoms with Gasteiger partial charge in [-0.15, -0.1) is 0 Å². The van der Waals surface area contributed by atoms with E-state index in [-0.39, 0.29) is 11.3 Å². The van der Waals surface area contributed by atoms with E-state index in [1.807, 2.05) is 54.6 Å². The summed E-state index contributed by atoms with van der Waals surface area (Å²) in [5.41, 5.74) is 3.55. The van der Waals surface area contributed by atoms with Crippen LogP contribution in [0.3, 0.4) is 0 Å². The quantitative estimate of drug-likeness (QED) is 0.225. The lowest BCUT2D eigenvalue weighted by Crippen LogP contribution is -2.04. The van der Waals surface area contributed by atoms with E-state index < -0.39 is 17.4 Å². The average molecular weight is 527 g/mol. The van der Waals surface area contributed by atoms with Gasteiger partial charge in [-0.25, -0.2) is 4.98 Å². The summed E-state index contributed by atoms with van der Waals surface area (Å²) in [5, 5.41) is 23.1. The van der Waals surface area contributed by atoms with E-state index in [0.717, 1.165) is 15.8 Å². The fraction of sp³-hybridized carbons (Fsp3) is 0.0345. The van der Waals surface area contributed by atoms with Gasteiger partial charge in [0.25, 0.3) is 0 Å². The molecular weight excluding hydrogens is 508 g/mol. The van der Waals surface area contributed by atoms with Crippen LogP contribution in [0.25, 0.3) is 37.7 Å². The molecule has 0 atom stereocenters. The second-order valence-electron chi connectivity index (χ2n) is 8.52. The van der Waals surface area contributed by atoms with Crippen LogP contribution in [0.2, 0.25) is 5.02 Å². The Kier molecular flexibility index (Phi) is 5.59. The Morgan fingerprint density at radius 1 is 0.919 bits per heavy atom. The molecule has 0 aliphatic heterocycles. The fourth-order valence-corrected chi connectivity index (χ4v) is 5.59. The maximum atomic E-state index is 13.6. The van der Waals surface area contributed by atoms with Gasteiger partial charge in [-0.05, 0) is 53.9 Å². The summed E-state index contributed by atoms with van der Waals surface area (Å²) < 4.78 is 7.76. The van der Waals surface area contributed by atoms with Gasteiger partial charge in [0.05, 0.1) is 21.5 Å². The lowest BCUT2D eigenvalue weighted by Gasteiger charge is -2.10. The smallest absolute Gasteiger partial charge is 0.242 e. The van der Waals surface area contributed by atoms with Gasteiger partial charge in [-0.1, -0.05) is 77.5 Å². The molecule has 3 aromatic heterocycles. The van der Waals surface area contributed by atoms with Crippen LogP contribution in [0.4, 0.5) is 0 Å². The number of halogens is 1. The third kappa shape index (κ3) is 3.98. The molecule has 8 heteroatoms. The largest absolute Gasteiger partial charge is 0.503 e. The molecule has 0 fully saturated rings. The Labute approximate surface area is 220 Å². The first-order valence-corrected chi connectivity index (χ1v) is 12.6. The lowest BCUT2D eigenvalue weighted by molar-refractivity contribution is 0.101. The molecule has 37 heavy (non-hydrogen) atoms. The van der Waals surface area contributed by atoms with Crippen LogP contribution >= 0.6 is 22.9 Å². The normalized spacial score (nSPS) is 11.3. The molecule has 0 saturated carbocycles. The summed E-state index contributed by atoms with van der Waals surface area (Å²) in [6.45, 7) is 1.73. The Morgan fingerprint density at radius 3 is 2.32 bits per heavy atom. The second-order valence-corrected chi connectivity index (χ2v) is 9.97. The molecule has 6 rings (SSSR count). The van der Waals surface area contributed by atoms with Crippen LogP contribution in [0.5, 0.6) is 11.6 Å². The number of rotatable bonds is 5. The van der Waals surface area contributed by atoms with Crippen molar-refractivity contribution in [2.45, 2.75) is 6.92 Å². The number of nitrogens with zero attached hydrogens (tertiary/aromatic N) is 2. The van der Waals surface area contributed by atoms with Gasteiger partial charge in [0.15, 0.2) is 16.6 Å². The zero-order valence-corrected chi connectivity index (χ0v) is 21.0. The van der Waals surface area contributed by atoms with Crippen LogP contribution < -0.4 is 0 Å². The molecule has 0 bridgehead atoms. The first-order valence-electron chi connectivity index (χ1n) is 11.4. The van der Waals surface area contributed by atoms with Gasteiger partial charge < -0.3 is 14.6 Å². The molecule has 0 aliphatic carbocycles. The third-order valence-electron chi connectivity index (χ3n) is 6.11. The van der Waals surface area contributed by atoms with E-state index >= 15 is 0 Å². The van der Waals surface area contributed by atoms with Crippen molar-refractivity contribution >= 4 is 38.9 Å². The molecule has 0 radical (unpaired) electrons. The van der Waals surface area contributed by atoms with E-state index in [1.54, 1.807) is 37.3 Å². The number of thiazole rings is 1. The summed E-state index contributed by atoms with van der Waals surface area (Å²) >= 11 is 7.45. The molecule has 0 aliphatic rings. The summed E-state index contributed by atoms with van der Waals surface area (Å²) in [5.74, 6) is -0.963. The number of aromatic nitrogens is 2. The van der Waals surface area contributed by atoms with Gasteiger partial charge in [-0.2, -0.15) is 0 Å². The molecular formula is C29H19ClN2O4S. The zero-order valence-electron chi connectivity index (χ0n) is 19.5. The lowest BCUT2D eigenvalue weighted by atomic mass is 9.99. The van der Waals surface area contributed by atoms with Crippen molar-refractivity contribution in [2.24, 2.45) is 0 Å². The molecule has 2 N–H and O–H groups in total. The number of aryl methyl sites for hydroxylation is 1. The molecule has 0 saturated heterocycles. The molecule has 182 valence electrons. The van der Waals surface area contributed by atoms with Crippen LogP contribution in [0, 0.1) is 6.92 Å². The van der Waals surface area contributed by atoms with Crippen molar-refractivity contribution in [3.05, 3.63) is 107 Å². The Hall–Kier alpha value is -4.33. The van der Waals surface area contributed by atoms with Gasteiger partial charge in [-0.3, -0.25) is 9.36 Å². The van der Waals surface area contributed by atoms with Gasteiger partial charge in [0, 0.05) is 5.02 Å². The van der Waals surface area contributed by atoms with Crippen LogP contribution in [-0.4, -0.2) is 25.5 Å². The number of hydrogen-bond acceptors (Lipinski definition) is 6. The van der Waals surface area contributed by atoms with Crippen molar-refractivity contribution in [2.75, 3.05) is 0 Å². The summed E-state index contributed by atoms with van der Waals surface area (Å²) in [4.78, 5) is 18.2. The molecule has 0 spiro atoms. The molecule has 0 amide bonds. The first kappa shape index (κ1) is 23.1. The summed E-state index contributed by atoms with van der Waals surface area (Å²) in [7, 11) is 0. The van der Waals surface area contributed by atoms with Crippen molar-refractivity contribution in [3.8, 4) is 39.1 Å². The molecule has 3 heterocycles. The molecule has 0 unspecified atom stereocenters. The Morgan fingerprint density at radius 2 is 1.62 bits per heavy atom. The number of benzene rings is 3. The number of carbonyl (C=O) groups is 1. The maximum absolute atomic E-state index is 13.6. The minimum atomic E-state index is -0.550. The van der Waals surface area contributed by atoms with Crippen molar-refractivity contribution in [3.63, 3.8) is 0 Å². The number of ketones is 1. The highest BCUT2D eigenvalue weighted by Crippen LogP contribution is 2.45. The topological polar surface area (TPSA) is 88.5 Å². The predicted molar refractivity (Wildman–Crippen MR) is 145 cm³/mol. The van der Waals surface area contributed by atoms with Crippen LogP contribution in [0.1, 0.15) is 21.9 Å². The third-order valence-corrected chi connectivity index (χ3v) is 7.35. The molecule has 6 nitrogen and oxygen atoms in total. The number of carbonyl (C=O) groups excluding carboxylic acids is 1. The van der Waals surface area contributed by atoms with Crippen LogP contribution in [-0.2, 0) is 0 Å². The summed E-state index contributed by atoms with van der Waals surface area (Å²) in [6.07, 6.45) is 0. The van der Waals surface area contributed by atoms with Gasteiger partial charge >= 0.3 is 0 Å². The zero-order chi connectivity index (χ0) is 25.7. The second kappa shape index (κ2) is 8.96. The monoisotopic (exact) mass is 526 g/mol. The standard InChI is InChI=1S/C29H19ClN2O4S/c1-16-7-14-22(36-16)26(33)24-25(19-10-8-18(9-11-19)17-5-3-2-4-6-17)32(28(35)27(24)34)29-31-21-13-12-20(30)15-23(21)37-29/h2-15,34-35H,1H3. The number of hydrogen-bond donors (Lipinski definition) is 2. The predicted octanol–water partition coefficient (Wildman–Crippen LogP) is 7.62. The van der Waals surface area contributed by atoms with E-state index in [4.69, 9.17) is 16.0 Å². The number of aromatic hydroxyl groups is 2. The first-order chi connectivity index (χ1) is 17.9. The minimum absolute atomic E-state index is 0.0585. The maximum Gasteiger partial charge on any atom is 0.242 e. The SMILES string of the molecule is Cc1ccc(C(=O)c2c(O)c(O)n(-c3nc4ccc(Cl)cc4s3)c2-c2ccc(-c3ccccc3)cc2)o1. The highest BCUT2D eigenvalue weighted by atomic mass is 35.5. The van der Waals surface area contributed by atoms with Crippen molar-refractivity contribution < 1.29 is 19.4 Å².